The third-order valence-corrected chi connectivity index (χ3v) is 3.93. The van der Waals surface area contributed by atoms with Crippen LogP contribution in [0.1, 0.15) is 41.4 Å². The van der Waals surface area contributed by atoms with Crippen molar-refractivity contribution in [3.63, 3.8) is 0 Å². The molecule has 3 heterocycles. The summed E-state index contributed by atoms with van der Waals surface area (Å²) < 4.78 is 0. The molecular formula is C15H16ClN3O. The van der Waals surface area contributed by atoms with E-state index in [4.69, 9.17) is 11.6 Å². The molecule has 0 radical (unpaired) electrons. The number of piperidine rings is 1. The Bertz CT molecular complexity index is 596. The number of nitrogens with one attached hydrogen (secondary N) is 1. The number of rotatable bonds is 2. The molecule has 0 aliphatic carbocycles. The van der Waals surface area contributed by atoms with E-state index in [1.807, 2.05) is 23.2 Å². The van der Waals surface area contributed by atoms with Gasteiger partial charge in [-0.15, -0.1) is 0 Å². The van der Waals surface area contributed by atoms with E-state index in [0.29, 0.717) is 10.7 Å². The molecule has 2 aromatic heterocycles. The van der Waals surface area contributed by atoms with Gasteiger partial charge < -0.3 is 9.88 Å². The summed E-state index contributed by atoms with van der Waals surface area (Å²) in [6.45, 7) is 0.773. The number of aromatic nitrogens is 2. The normalized spacial score (nSPS) is 19.1. The van der Waals surface area contributed by atoms with Crippen molar-refractivity contribution in [2.24, 2.45) is 0 Å². The number of carbonyl (C=O) groups excluding carboxylic acids is 1. The molecule has 20 heavy (non-hydrogen) atoms. The highest BCUT2D eigenvalue weighted by Crippen LogP contribution is 2.31. The molecule has 104 valence electrons. The molecule has 5 heteroatoms. The third-order valence-electron chi connectivity index (χ3n) is 3.71. The van der Waals surface area contributed by atoms with E-state index < -0.39 is 0 Å². The van der Waals surface area contributed by atoms with Crippen molar-refractivity contribution in [3.8, 4) is 0 Å². The fourth-order valence-corrected chi connectivity index (χ4v) is 2.90. The van der Waals surface area contributed by atoms with Crippen molar-refractivity contribution in [2.75, 3.05) is 6.54 Å². The number of pyridine rings is 1. The maximum Gasteiger partial charge on any atom is 0.270 e. The Hall–Kier alpha value is -1.81. The highest BCUT2D eigenvalue weighted by Gasteiger charge is 2.29. The smallest absolute Gasteiger partial charge is 0.270 e. The average molecular weight is 290 g/mol. The topological polar surface area (TPSA) is 49.0 Å². The predicted octanol–water partition coefficient (Wildman–Crippen LogP) is 3.43. The number of carbonyl (C=O) groups is 1. The number of H-pyrrole nitrogens is 1. The number of likely N-dealkylation sites (tertiary alicyclic amines) is 1. The first-order valence-corrected chi connectivity index (χ1v) is 7.18. The average Bonchev–Trinajstić information content (AvgIpc) is 2.94. The van der Waals surface area contributed by atoms with Crippen molar-refractivity contribution in [2.45, 2.75) is 25.3 Å². The van der Waals surface area contributed by atoms with Crippen molar-refractivity contribution >= 4 is 17.5 Å². The quantitative estimate of drug-likeness (QED) is 0.921. The summed E-state index contributed by atoms with van der Waals surface area (Å²) in [5.74, 6) is 0.00505. The van der Waals surface area contributed by atoms with Gasteiger partial charge in [-0.2, -0.15) is 0 Å². The van der Waals surface area contributed by atoms with E-state index in [2.05, 4.69) is 9.97 Å². The Labute approximate surface area is 122 Å². The van der Waals surface area contributed by atoms with Crippen LogP contribution in [0.15, 0.2) is 36.8 Å². The fourth-order valence-electron chi connectivity index (χ4n) is 2.74. The molecule has 0 spiro atoms. The Morgan fingerprint density at radius 2 is 2.35 bits per heavy atom. The van der Waals surface area contributed by atoms with Crippen molar-refractivity contribution < 1.29 is 4.79 Å². The molecule has 0 aromatic carbocycles. The minimum Gasteiger partial charge on any atom is -0.356 e. The lowest BCUT2D eigenvalue weighted by atomic mass is 9.96. The number of aromatic amines is 1. The Morgan fingerprint density at radius 3 is 3.05 bits per heavy atom. The molecule has 1 aliphatic heterocycles. The summed E-state index contributed by atoms with van der Waals surface area (Å²) in [5.41, 5.74) is 1.64. The molecular weight excluding hydrogens is 274 g/mol. The molecule has 1 N–H and O–H groups in total. The van der Waals surface area contributed by atoms with E-state index in [1.54, 1.807) is 18.5 Å². The van der Waals surface area contributed by atoms with Crippen LogP contribution in [-0.4, -0.2) is 27.3 Å². The lowest BCUT2D eigenvalue weighted by Crippen LogP contribution is -2.38. The van der Waals surface area contributed by atoms with E-state index in [9.17, 15) is 4.79 Å². The van der Waals surface area contributed by atoms with Crippen molar-refractivity contribution in [3.05, 3.63) is 53.1 Å². The van der Waals surface area contributed by atoms with Gasteiger partial charge >= 0.3 is 0 Å². The Morgan fingerprint density at radius 1 is 1.45 bits per heavy atom. The summed E-state index contributed by atoms with van der Waals surface area (Å²) in [6, 6.07) is 5.73. The molecule has 0 saturated carbocycles. The van der Waals surface area contributed by atoms with Crippen molar-refractivity contribution in [1.82, 2.24) is 14.9 Å². The summed E-state index contributed by atoms with van der Waals surface area (Å²) >= 11 is 5.88. The summed E-state index contributed by atoms with van der Waals surface area (Å²) in [6.07, 6.45) is 8.39. The van der Waals surface area contributed by atoms with Gasteiger partial charge in [0.05, 0.1) is 11.1 Å². The Balaban J connectivity index is 1.87. The lowest BCUT2D eigenvalue weighted by molar-refractivity contribution is 0.0606. The van der Waals surface area contributed by atoms with E-state index >= 15 is 0 Å². The SMILES string of the molecule is O=C(c1cc(Cl)c[nH]1)N1CCCC[C@@H]1c1cccnc1. The number of halogens is 1. The zero-order chi connectivity index (χ0) is 13.9. The molecule has 1 aliphatic rings. The zero-order valence-electron chi connectivity index (χ0n) is 11.1. The molecule has 1 amide bonds. The maximum atomic E-state index is 12.6. The van der Waals surface area contributed by atoms with Gasteiger partial charge in [0.15, 0.2) is 0 Å². The van der Waals surface area contributed by atoms with Crippen LogP contribution in [0.2, 0.25) is 5.02 Å². The maximum absolute atomic E-state index is 12.6. The van der Waals surface area contributed by atoms with Gasteiger partial charge in [0.2, 0.25) is 0 Å². The molecule has 2 aromatic rings. The minimum atomic E-state index is 0.00505. The van der Waals surface area contributed by atoms with Crippen LogP contribution in [-0.2, 0) is 0 Å². The third kappa shape index (κ3) is 2.56. The van der Waals surface area contributed by atoms with Crippen molar-refractivity contribution in [1.29, 1.82) is 0 Å². The molecule has 0 bridgehead atoms. The van der Waals surface area contributed by atoms with Crippen LogP contribution in [0.25, 0.3) is 0 Å². The van der Waals surface area contributed by atoms with Crippen LogP contribution < -0.4 is 0 Å². The molecule has 1 atom stereocenters. The van der Waals surface area contributed by atoms with Gasteiger partial charge in [-0.25, -0.2) is 0 Å². The zero-order valence-corrected chi connectivity index (χ0v) is 11.8. The van der Waals surface area contributed by atoms with Crippen LogP contribution in [0.4, 0.5) is 0 Å². The van der Waals surface area contributed by atoms with Gasteiger partial charge in [0.25, 0.3) is 5.91 Å². The molecule has 4 nitrogen and oxygen atoms in total. The van der Waals surface area contributed by atoms with Gasteiger partial charge in [-0.1, -0.05) is 17.7 Å². The fraction of sp³-hybridized carbons (Fsp3) is 0.333. The van der Waals surface area contributed by atoms with Crippen LogP contribution >= 0.6 is 11.6 Å². The first-order valence-electron chi connectivity index (χ1n) is 6.80. The second kappa shape index (κ2) is 5.67. The number of amides is 1. The lowest BCUT2D eigenvalue weighted by Gasteiger charge is -2.35. The summed E-state index contributed by atoms with van der Waals surface area (Å²) in [7, 11) is 0. The first-order chi connectivity index (χ1) is 9.75. The highest BCUT2D eigenvalue weighted by molar-refractivity contribution is 6.30. The van der Waals surface area contributed by atoms with Crippen LogP contribution in [0.3, 0.4) is 0 Å². The second-order valence-corrected chi connectivity index (χ2v) is 5.46. The molecule has 1 fully saturated rings. The van der Waals surface area contributed by atoms with E-state index in [1.165, 1.54) is 0 Å². The minimum absolute atomic E-state index is 0.00505. The second-order valence-electron chi connectivity index (χ2n) is 5.03. The van der Waals surface area contributed by atoms with Crippen LogP contribution in [0.5, 0.6) is 0 Å². The Kier molecular flexibility index (Phi) is 3.74. The number of hydrogen-bond donors (Lipinski definition) is 1. The molecule has 0 unspecified atom stereocenters. The van der Waals surface area contributed by atoms with Gasteiger partial charge in [-0.05, 0) is 37.0 Å². The highest BCUT2D eigenvalue weighted by atomic mass is 35.5. The van der Waals surface area contributed by atoms with E-state index in [-0.39, 0.29) is 11.9 Å². The van der Waals surface area contributed by atoms with Gasteiger partial charge in [0.1, 0.15) is 5.69 Å². The van der Waals surface area contributed by atoms with E-state index in [0.717, 1.165) is 31.4 Å². The number of hydrogen-bond acceptors (Lipinski definition) is 2. The number of nitrogens with zero attached hydrogens (tertiary/aromatic N) is 2. The van der Waals surface area contributed by atoms with Gasteiger partial charge in [0, 0.05) is 25.1 Å². The first kappa shape index (κ1) is 13.2. The monoisotopic (exact) mass is 289 g/mol. The molecule has 3 rings (SSSR count). The largest absolute Gasteiger partial charge is 0.356 e. The van der Waals surface area contributed by atoms with Crippen LogP contribution in [0, 0.1) is 0 Å². The predicted molar refractivity (Wildman–Crippen MR) is 77.7 cm³/mol. The summed E-state index contributed by atoms with van der Waals surface area (Å²) in [5, 5.41) is 0.559. The van der Waals surface area contributed by atoms with Gasteiger partial charge in [-0.3, -0.25) is 9.78 Å². The molecule has 1 saturated heterocycles. The standard InChI is InChI=1S/C15H16ClN3O/c16-12-8-13(18-10-12)15(20)19-7-2-1-5-14(19)11-4-3-6-17-9-11/h3-4,6,8-10,14,18H,1-2,5,7H2/t14-/m1/s1. The summed E-state index contributed by atoms with van der Waals surface area (Å²) in [4.78, 5) is 21.6.